The predicted octanol–water partition coefficient (Wildman–Crippen LogP) is 3.29. The predicted molar refractivity (Wildman–Crippen MR) is 69.9 cm³/mol. The Hall–Kier alpha value is -0.930. The summed E-state index contributed by atoms with van der Waals surface area (Å²) in [5, 5.41) is 3.58. The van der Waals surface area contributed by atoms with Crippen molar-refractivity contribution in [1.82, 2.24) is 5.32 Å². The summed E-state index contributed by atoms with van der Waals surface area (Å²) in [4.78, 5) is 11.5. The van der Waals surface area contributed by atoms with Crippen LogP contribution in [0.4, 0.5) is 0 Å². The maximum atomic E-state index is 11.5. The highest BCUT2D eigenvalue weighted by Gasteiger charge is 2.10. The minimum absolute atomic E-state index is 0.0895. The maximum Gasteiger partial charge on any atom is 0.258 e. The SMILES string of the molecule is CCC(C)NC(=O)COc1c(Cl)cccc1Cl. The van der Waals surface area contributed by atoms with Gasteiger partial charge in [-0.05, 0) is 25.5 Å². The van der Waals surface area contributed by atoms with Crippen molar-refractivity contribution in [3.05, 3.63) is 28.2 Å². The molecule has 1 atom stereocenters. The molecule has 0 aromatic heterocycles. The van der Waals surface area contributed by atoms with E-state index in [1.165, 1.54) is 0 Å². The first-order valence-electron chi connectivity index (χ1n) is 5.40. The van der Waals surface area contributed by atoms with Crippen molar-refractivity contribution in [2.45, 2.75) is 26.3 Å². The van der Waals surface area contributed by atoms with Gasteiger partial charge in [-0.1, -0.05) is 36.2 Å². The topological polar surface area (TPSA) is 38.3 Å². The molecule has 0 saturated carbocycles. The summed E-state index contributed by atoms with van der Waals surface area (Å²) in [5.41, 5.74) is 0. The average molecular weight is 276 g/mol. The Bertz CT molecular complexity index is 376. The number of para-hydroxylation sites is 1. The van der Waals surface area contributed by atoms with E-state index in [1.54, 1.807) is 18.2 Å². The summed E-state index contributed by atoms with van der Waals surface area (Å²) in [6, 6.07) is 5.18. The molecule has 0 saturated heterocycles. The van der Waals surface area contributed by atoms with Crippen LogP contribution in [0, 0.1) is 0 Å². The van der Waals surface area contributed by atoms with Gasteiger partial charge >= 0.3 is 0 Å². The van der Waals surface area contributed by atoms with Gasteiger partial charge in [0, 0.05) is 6.04 Å². The lowest BCUT2D eigenvalue weighted by molar-refractivity contribution is -0.123. The largest absolute Gasteiger partial charge is 0.481 e. The minimum atomic E-state index is -0.185. The quantitative estimate of drug-likeness (QED) is 0.896. The third-order valence-corrected chi connectivity index (χ3v) is 2.88. The van der Waals surface area contributed by atoms with Crippen molar-refractivity contribution in [1.29, 1.82) is 0 Å². The van der Waals surface area contributed by atoms with Gasteiger partial charge in [0.05, 0.1) is 10.0 Å². The van der Waals surface area contributed by atoms with E-state index in [-0.39, 0.29) is 18.6 Å². The second-order valence-electron chi connectivity index (χ2n) is 3.72. The highest BCUT2D eigenvalue weighted by Crippen LogP contribution is 2.32. The van der Waals surface area contributed by atoms with E-state index < -0.39 is 0 Å². The van der Waals surface area contributed by atoms with Crippen LogP contribution in [-0.4, -0.2) is 18.6 Å². The molecule has 0 bridgehead atoms. The first kappa shape index (κ1) is 14.1. The van der Waals surface area contributed by atoms with Gasteiger partial charge in [0.1, 0.15) is 0 Å². The van der Waals surface area contributed by atoms with Gasteiger partial charge in [0.2, 0.25) is 0 Å². The number of halogens is 2. The molecule has 0 aliphatic rings. The van der Waals surface area contributed by atoms with Gasteiger partial charge in [0.15, 0.2) is 12.4 Å². The molecule has 5 heteroatoms. The molecule has 1 unspecified atom stereocenters. The molecule has 3 nitrogen and oxygen atoms in total. The van der Waals surface area contributed by atoms with E-state index in [0.29, 0.717) is 15.8 Å². The zero-order chi connectivity index (χ0) is 12.8. The molecular weight excluding hydrogens is 261 g/mol. The molecule has 94 valence electrons. The highest BCUT2D eigenvalue weighted by atomic mass is 35.5. The van der Waals surface area contributed by atoms with Crippen molar-refractivity contribution < 1.29 is 9.53 Å². The molecule has 0 spiro atoms. The lowest BCUT2D eigenvalue weighted by Gasteiger charge is -2.13. The summed E-state index contributed by atoms with van der Waals surface area (Å²) in [7, 11) is 0. The molecular formula is C12H15Cl2NO2. The van der Waals surface area contributed by atoms with Gasteiger partial charge in [-0.15, -0.1) is 0 Å². The van der Waals surface area contributed by atoms with E-state index in [2.05, 4.69) is 5.32 Å². The van der Waals surface area contributed by atoms with Crippen LogP contribution in [0.15, 0.2) is 18.2 Å². The van der Waals surface area contributed by atoms with Gasteiger partial charge < -0.3 is 10.1 Å². The smallest absolute Gasteiger partial charge is 0.258 e. The number of benzene rings is 1. The Labute approximate surface area is 111 Å². The van der Waals surface area contributed by atoms with E-state index in [0.717, 1.165) is 6.42 Å². The first-order chi connectivity index (χ1) is 8.04. The first-order valence-corrected chi connectivity index (χ1v) is 6.16. The number of nitrogens with one attached hydrogen (secondary N) is 1. The van der Waals surface area contributed by atoms with Crippen LogP contribution in [0.1, 0.15) is 20.3 Å². The number of hydrogen-bond donors (Lipinski definition) is 1. The van der Waals surface area contributed by atoms with Crippen LogP contribution in [0.25, 0.3) is 0 Å². The maximum absolute atomic E-state index is 11.5. The zero-order valence-electron chi connectivity index (χ0n) is 9.80. The number of carbonyl (C=O) groups excluding carboxylic acids is 1. The third kappa shape index (κ3) is 4.44. The Morgan fingerprint density at radius 2 is 2.00 bits per heavy atom. The molecule has 0 aliphatic heterocycles. The van der Waals surface area contributed by atoms with Crippen molar-refractivity contribution in [2.24, 2.45) is 0 Å². The number of hydrogen-bond acceptors (Lipinski definition) is 2. The second-order valence-corrected chi connectivity index (χ2v) is 4.53. The summed E-state index contributed by atoms with van der Waals surface area (Å²) in [6.07, 6.45) is 0.874. The monoisotopic (exact) mass is 275 g/mol. The molecule has 1 N–H and O–H groups in total. The van der Waals surface area contributed by atoms with Gasteiger partial charge in [-0.25, -0.2) is 0 Å². The lowest BCUT2D eigenvalue weighted by atomic mass is 10.2. The molecule has 0 aliphatic carbocycles. The van der Waals surface area contributed by atoms with Crippen LogP contribution in [0.5, 0.6) is 5.75 Å². The summed E-state index contributed by atoms with van der Waals surface area (Å²) in [5.74, 6) is 0.158. The van der Waals surface area contributed by atoms with Crippen LogP contribution < -0.4 is 10.1 Å². The normalized spacial score (nSPS) is 12.0. The molecule has 0 heterocycles. The van der Waals surface area contributed by atoms with Crippen LogP contribution >= 0.6 is 23.2 Å². The van der Waals surface area contributed by atoms with E-state index >= 15 is 0 Å². The molecule has 0 fully saturated rings. The molecule has 1 rings (SSSR count). The van der Waals surface area contributed by atoms with E-state index in [9.17, 15) is 4.79 Å². The van der Waals surface area contributed by atoms with Gasteiger partial charge in [-0.3, -0.25) is 4.79 Å². The van der Waals surface area contributed by atoms with E-state index in [1.807, 2.05) is 13.8 Å². The molecule has 17 heavy (non-hydrogen) atoms. The number of amides is 1. The summed E-state index contributed by atoms with van der Waals surface area (Å²) in [6.45, 7) is 3.84. The van der Waals surface area contributed by atoms with Gasteiger partial charge in [-0.2, -0.15) is 0 Å². The second kappa shape index (κ2) is 6.72. The van der Waals surface area contributed by atoms with E-state index in [4.69, 9.17) is 27.9 Å². The van der Waals surface area contributed by atoms with Crippen molar-refractivity contribution in [3.8, 4) is 5.75 Å². The van der Waals surface area contributed by atoms with Crippen molar-refractivity contribution in [3.63, 3.8) is 0 Å². The summed E-state index contributed by atoms with van der Waals surface area (Å²) < 4.78 is 5.30. The van der Waals surface area contributed by atoms with Crippen LogP contribution in [0.2, 0.25) is 10.0 Å². The lowest BCUT2D eigenvalue weighted by Crippen LogP contribution is -2.35. The Morgan fingerprint density at radius 3 is 2.53 bits per heavy atom. The fraction of sp³-hybridized carbons (Fsp3) is 0.417. The number of carbonyl (C=O) groups is 1. The number of ether oxygens (including phenoxy) is 1. The fourth-order valence-electron chi connectivity index (χ4n) is 1.18. The Balaban J connectivity index is 2.53. The number of rotatable bonds is 5. The Morgan fingerprint density at radius 1 is 1.41 bits per heavy atom. The van der Waals surface area contributed by atoms with Gasteiger partial charge in [0.25, 0.3) is 5.91 Å². The fourth-order valence-corrected chi connectivity index (χ4v) is 1.68. The molecule has 1 amide bonds. The average Bonchev–Trinajstić information content (AvgIpc) is 2.28. The molecule has 1 aromatic carbocycles. The highest BCUT2D eigenvalue weighted by molar-refractivity contribution is 6.37. The Kier molecular flexibility index (Phi) is 5.59. The zero-order valence-corrected chi connectivity index (χ0v) is 11.3. The standard InChI is InChI=1S/C12H15Cl2NO2/c1-3-8(2)15-11(16)7-17-12-9(13)5-4-6-10(12)14/h4-6,8H,3,7H2,1-2H3,(H,15,16). The minimum Gasteiger partial charge on any atom is -0.481 e. The molecule has 1 aromatic rings. The van der Waals surface area contributed by atoms with Crippen LogP contribution in [0.3, 0.4) is 0 Å². The third-order valence-electron chi connectivity index (χ3n) is 2.29. The van der Waals surface area contributed by atoms with Crippen molar-refractivity contribution in [2.75, 3.05) is 6.61 Å². The van der Waals surface area contributed by atoms with Crippen LogP contribution in [-0.2, 0) is 4.79 Å². The summed E-state index contributed by atoms with van der Waals surface area (Å²) >= 11 is 11.8. The van der Waals surface area contributed by atoms with Crippen molar-refractivity contribution >= 4 is 29.1 Å². The molecule has 0 radical (unpaired) electrons.